The van der Waals surface area contributed by atoms with Gasteiger partial charge in [-0.2, -0.15) is 13.2 Å². The minimum atomic E-state index is -5.08. The van der Waals surface area contributed by atoms with Crippen LogP contribution in [-0.4, -0.2) is 261 Å². The van der Waals surface area contributed by atoms with Gasteiger partial charge >= 0.3 is 30.1 Å². The van der Waals surface area contributed by atoms with Crippen LogP contribution in [0.3, 0.4) is 0 Å². The van der Waals surface area contributed by atoms with Crippen molar-refractivity contribution in [1.29, 1.82) is 0 Å². The number of amides is 12. The number of benzene rings is 3. The number of carboxylic acids is 3. The Balaban J connectivity index is 0.00000226. The second-order valence-electron chi connectivity index (χ2n) is 25.1. The highest BCUT2D eigenvalue weighted by Crippen LogP contribution is 2.23. The minimum Gasteiger partial charge on any atom is -0.508 e. The van der Waals surface area contributed by atoms with Gasteiger partial charge < -0.3 is 87.5 Å². The number of rotatable bonds is 19. The molecule has 3 aliphatic heterocycles. The van der Waals surface area contributed by atoms with E-state index in [0.29, 0.717) is 59.9 Å². The van der Waals surface area contributed by atoms with Crippen LogP contribution in [0, 0.1) is 0 Å². The lowest BCUT2D eigenvalue weighted by atomic mass is 10.00. The number of carboxylic acid groups (broad SMARTS) is 3. The molecule has 0 unspecified atom stereocenters. The van der Waals surface area contributed by atoms with E-state index >= 15 is 0 Å². The number of alkyl halides is 3. The van der Waals surface area contributed by atoms with Crippen LogP contribution in [-0.2, 0) is 81.6 Å². The molecule has 0 radical (unpaired) electrons. The first-order chi connectivity index (χ1) is 48.9. The van der Waals surface area contributed by atoms with Gasteiger partial charge in [-0.25, -0.2) is 9.59 Å². The summed E-state index contributed by atoms with van der Waals surface area (Å²) < 4.78 is 31.7. The number of H-pyrrole nitrogens is 1. The Morgan fingerprint density at radius 1 is 0.573 bits per heavy atom. The van der Waals surface area contributed by atoms with Gasteiger partial charge in [0.2, 0.25) is 59.1 Å². The Labute approximate surface area is 590 Å². The third-order valence-electron chi connectivity index (χ3n) is 17.6. The Morgan fingerprint density at radius 3 is 1.79 bits per heavy atom. The third-order valence-corrected chi connectivity index (χ3v) is 17.6. The summed E-state index contributed by atoms with van der Waals surface area (Å²) in [6, 6.07) is 11.3. The molecular weight excluding hydrogens is 1360 g/mol. The molecule has 3 fully saturated rings. The number of urea groups is 1. The van der Waals surface area contributed by atoms with Gasteiger partial charge in [0.15, 0.2) is 0 Å². The molecule has 13 N–H and O–H groups in total. The number of halogens is 3. The van der Waals surface area contributed by atoms with Gasteiger partial charge in [0.1, 0.15) is 48.0 Å². The number of phenolic OH excluding ortho intramolecular Hbond substituents is 1. The van der Waals surface area contributed by atoms with Crippen molar-refractivity contribution in [2.45, 2.75) is 139 Å². The van der Waals surface area contributed by atoms with Crippen LogP contribution in [0.4, 0.5) is 18.0 Å². The van der Waals surface area contributed by atoms with E-state index < -0.39 is 158 Å². The maximum Gasteiger partial charge on any atom is 0.490 e. The van der Waals surface area contributed by atoms with Crippen molar-refractivity contribution < 1.29 is 101 Å². The number of aromatic amines is 1. The van der Waals surface area contributed by atoms with Gasteiger partial charge in [-0.05, 0) is 73.4 Å². The largest absolute Gasteiger partial charge is 0.508 e. The van der Waals surface area contributed by atoms with E-state index in [2.05, 4.69) is 47.5 Å². The SMILES string of the molecule is CCCCC[C@@H]1NC(=O)[C@H](Cc2ccc(O)cc2)NC(=O)[C@H](Cc2ccccc2)N(C)C(=O)CNC(=O)CNC(=O)[C@H]2CCCN2C(=O)[C@H](CC(=O)O)NC(=O)[C@H](CCCCNC(=O)N2CCN(CC(=O)O)CC2)N(C)C(=O)CNC(=O)[C@H](Cc2c[nH]c3ccccc23)NC1=O.O=C(O)C(F)(F)F. The number of carbonyl (C=O) groups is 14. The Bertz CT molecular complexity index is 3650. The quantitative estimate of drug-likeness (QED) is 0.0555. The number of aromatic hydroxyl groups is 1. The summed E-state index contributed by atoms with van der Waals surface area (Å²) in [6.45, 7) is 0.939. The number of aromatic nitrogens is 1. The highest BCUT2D eigenvalue weighted by atomic mass is 19.4. The molecule has 0 bridgehead atoms. The summed E-state index contributed by atoms with van der Waals surface area (Å²) in [5.41, 5.74) is 2.40. The van der Waals surface area contributed by atoms with Crippen LogP contribution in [0.2, 0.25) is 0 Å². The Kier molecular flexibility index (Phi) is 31.0. The topological polar surface area (TPSA) is 448 Å². The van der Waals surface area contributed by atoms with E-state index in [1.165, 1.54) is 31.1 Å². The lowest BCUT2D eigenvalue weighted by Crippen LogP contribution is -2.60. The van der Waals surface area contributed by atoms with E-state index in [1.54, 1.807) is 65.7 Å². The molecule has 4 heterocycles. The van der Waals surface area contributed by atoms with Crippen LogP contribution in [0.15, 0.2) is 85.1 Å². The number of hydrogen-bond acceptors (Lipinski definition) is 16. The van der Waals surface area contributed by atoms with E-state index in [4.69, 9.17) is 9.90 Å². The number of piperazine rings is 1. The summed E-state index contributed by atoms with van der Waals surface area (Å²) in [4.78, 5) is 199. The molecule has 32 nitrogen and oxygen atoms in total. The number of nitrogens with one attached hydrogen (secondary N) is 9. The highest BCUT2D eigenvalue weighted by molar-refractivity contribution is 5.99. The van der Waals surface area contributed by atoms with Crippen molar-refractivity contribution >= 4 is 93.9 Å². The van der Waals surface area contributed by atoms with Crippen molar-refractivity contribution in [2.75, 3.05) is 79.5 Å². The Hall–Kier alpha value is -10.9. The molecular formula is C68H89F3N14O18. The van der Waals surface area contributed by atoms with Crippen LogP contribution in [0.25, 0.3) is 10.9 Å². The molecule has 0 saturated carbocycles. The van der Waals surface area contributed by atoms with Crippen LogP contribution in [0.5, 0.6) is 5.75 Å². The Morgan fingerprint density at radius 2 is 1.14 bits per heavy atom. The number of para-hydroxylation sites is 1. The fourth-order valence-corrected chi connectivity index (χ4v) is 11.9. The summed E-state index contributed by atoms with van der Waals surface area (Å²) in [5, 5.41) is 58.6. The monoisotopic (exact) mass is 1450 g/mol. The normalized spacial score (nSPS) is 21.7. The van der Waals surface area contributed by atoms with Gasteiger partial charge in [-0.1, -0.05) is 86.8 Å². The first-order valence-corrected chi connectivity index (χ1v) is 33.6. The smallest absolute Gasteiger partial charge is 0.490 e. The molecule has 4 aromatic rings. The van der Waals surface area contributed by atoms with Gasteiger partial charge in [-0.3, -0.25) is 62.4 Å². The first kappa shape index (κ1) is 81.1. The molecule has 7 rings (SSSR count). The molecule has 7 atom stereocenters. The maximum absolute atomic E-state index is 14.9. The molecule has 35 heteroatoms. The lowest BCUT2D eigenvalue weighted by Gasteiger charge is -2.33. The average molecular weight is 1450 g/mol. The van der Waals surface area contributed by atoms with E-state index in [-0.39, 0.29) is 96.3 Å². The number of hydrogen-bond donors (Lipinski definition) is 13. The fraction of sp³-hybridized carbons (Fsp3) is 0.500. The van der Waals surface area contributed by atoms with Crippen molar-refractivity contribution in [1.82, 2.24) is 72.0 Å². The van der Waals surface area contributed by atoms with Crippen molar-refractivity contribution in [3.8, 4) is 5.75 Å². The zero-order valence-electron chi connectivity index (χ0n) is 57.3. The average Bonchev–Trinajstić information content (AvgIpc) is 1.77. The standard InChI is InChI=1S/C66H88N14O16.C2HF3O2/c1-4-5-7-19-47-60(90)73-49(34-43-36-68-46-18-11-10-17-45(43)46)59(89)71-39-56(84)76(2)51(20-12-13-26-67-66(96)79-30-28-78(29-31-79)40-58(87)88)63(93)75-50(35-57(85)86)65(95)80-27-14-21-52(80)62(92)70-37-54(82)69-38-55(83)77(3)53(33-41-15-8-6-9-16-41)64(94)74-48(61(91)72-47)32-42-22-24-44(81)25-23-42;3-2(4,5)1(6)7/h6,8-11,15-18,22-25,36,47-53,68,81H,4-5,7,12-14,19-21,26-35,37-40H2,1-3H3,(H,67,96)(H,69,82)(H,70,92)(H,71,89)(H,72,91)(H,73,90)(H,74,94)(H,75,93)(H,85,86)(H,87,88);(H,6,7)/t47-,48-,49-,50-,51-,52+,53-;/m0./s1. The summed E-state index contributed by atoms with van der Waals surface area (Å²) in [5.74, 6) is -13.8. The predicted molar refractivity (Wildman–Crippen MR) is 362 cm³/mol. The summed E-state index contributed by atoms with van der Waals surface area (Å²) in [7, 11) is 2.60. The summed E-state index contributed by atoms with van der Waals surface area (Å²) in [6.07, 6.45) is -2.36. The number of fused-ring (bicyclic) bond motifs is 2. The molecule has 0 spiro atoms. The zero-order chi connectivity index (χ0) is 75.5. The maximum atomic E-state index is 14.9. The predicted octanol–water partition coefficient (Wildman–Crippen LogP) is 0.118. The number of nitrogens with zero attached hydrogens (tertiary/aromatic N) is 5. The molecule has 12 amide bonds. The second-order valence-corrected chi connectivity index (χ2v) is 25.1. The molecule has 103 heavy (non-hydrogen) atoms. The molecule has 3 aliphatic rings. The molecule has 3 saturated heterocycles. The van der Waals surface area contributed by atoms with Crippen molar-refractivity contribution in [2.24, 2.45) is 0 Å². The molecule has 1 aromatic heterocycles. The number of aliphatic carboxylic acids is 3. The molecule has 560 valence electrons. The fourth-order valence-electron chi connectivity index (χ4n) is 11.9. The minimum absolute atomic E-state index is 0.0532. The van der Waals surface area contributed by atoms with E-state index in [9.17, 15) is 90.8 Å². The summed E-state index contributed by atoms with van der Waals surface area (Å²) >= 11 is 0. The number of unbranched alkanes of at least 4 members (excludes halogenated alkanes) is 3. The second kappa shape index (κ2) is 39.4. The van der Waals surface area contributed by atoms with E-state index in [0.717, 1.165) is 14.7 Å². The van der Waals surface area contributed by atoms with Crippen LogP contribution in [0.1, 0.15) is 87.8 Å². The number of carbonyl (C=O) groups excluding carboxylic acids is 11. The van der Waals surface area contributed by atoms with Crippen molar-refractivity contribution in [3.63, 3.8) is 0 Å². The van der Waals surface area contributed by atoms with Gasteiger partial charge in [0, 0.05) is 89.7 Å². The first-order valence-electron chi connectivity index (χ1n) is 33.6. The van der Waals surface area contributed by atoms with E-state index in [1.807, 2.05) is 19.1 Å². The highest BCUT2D eigenvalue weighted by Gasteiger charge is 2.42. The molecule has 3 aromatic carbocycles. The third kappa shape index (κ3) is 25.3. The lowest BCUT2D eigenvalue weighted by molar-refractivity contribution is -0.192. The van der Waals surface area contributed by atoms with Crippen LogP contribution >= 0.6 is 0 Å². The molecule has 0 aliphatic carbocycles. The number of phenols is 1. The van der Waals surface area contributed by atoms with Crippen molar-refractivity contribution in [3.05, 3.63) is 102 Å². The van der Waals surface area contributed by atoms with Gasteiger partial charge in [-0.15, -0.1) is 0 Å². The van der Waals surface area contributed by atoms with Gasteiger partial charge in [0.05, 0.1) is 32.6 Å². The zero-order valence-corrected chi connectivity index (χ0v) is 57.3. The van der Waals surface area contributed by atoms with Gasteiger partial charge in [0.25, 0.3) is 0 Å². The number of likely N-dealkylation sites (N-methyl/N-ethyl adjacent to an activating group) is 2. The van der Waals surface area contributed by atoms with Crippen LogP contribution < -0.4 is 42.5 Å².